The van der Waals surface area contributed by atoms with Gasteiger partial charge in [-0.25, -0.2) is 0 Å². The van der Waals surface area contributed by atoms with Crippen LogP contribution in [0.1, 0.15) is 52.3 Å². The number of carbonyl (C=O) groups is 1. The number of piperidine rings is 1. The lowest BCUT2D eigenvalue weighted by molar-refractivity contribution is -0.147. The summed E-state index contributed by atoms with van der Waals surface area (Å²) >= 11 is 0. The second kappa shape index (κ2) is 5.52. The average molecular weight is 281 g/mol. The zero-order chi connectivity index (χ0) is 14.9. The molecule has 0 spiro atoms. The summed E-state index contributed by atoms with van der Waals surface area (Å²) in [6.07, 6.45) is 1.96. The van der Waals surface area contributed by atoms with Crippen molar-refractivity contribution < 1.29 is 14.4 Å². The van der Waals surface area contributed by atoms with Crippen LogP contribution in [0.5, 0.6) is 0 Å². The quantitative estimate of drug-likeness (QED) is 0.913. The maximum atomic E-state index is 11.4. The van der Waals surface area contributed by atoms with Crippen LogP contribution in [0, 0.1) is 5.92 Å². The van der Waals surface area contributed by atoms with Crippen LogP contribution in [0.25, 0.3) is 0 Å². The van der Waals surface area contributed by atoms with E-state index in [0.29, 0.717) is 18.3 Å². The van der Waals surface area contributed by atoms with Crippen molar-refractivity contribution in [3.05, 3.63) is 11.7 Å². The van der Waals surface area contributed by atoms with Crippen molar-refractivity contribution >= 4 is 5.97 Å². The van der Waals surface area contributed by atoms with Gasteiger partial charge in [-0.3, -0.25) is 9.69 Å². The van der Waals surface area contributed by atoms with Gasteiger partial charge in [0.05, 0.1) is 6.54 Å². The van der Waals surface area contributed by atoms with E-state index in [9.17, 15) is 9.90 Å². The second-order valence-corrected chi connectivity index (χ2v) is 6.64. The smallest absolute Gasteiger partial charge is 0.321 e. The normalized spacial score (nSPS) is 24.8. The maximum Gasteiger partial charge on any atom is 0.321 e. The largest absolute Gasteiger partial charge is 0.480 e. The van der Waals surface area contributed by atoms with Crippen LogP contribution >= 0.6 is 0 Å². The first-order valence-corrected chi connectivity index (χ1v) is 7.09. The summed E-state index contributed by atoms with van der Waals surface area (Å²) in [4.78, 5) is 17.7. The monoisotopic (exact) mass is 281 g/mol. The Hall–Kier alpha value is -1.43. The topological polar surface area (TPSA) is 79.5 Å². The molecule has 1 N–H and O–H groups in total. The average Bonchev–Trinajstić information content (AvgIpc) is 2.76. The van der Waals surface area contributed by atoms with Gasteiger partial charge in [-0.05, 0) is 25.3 Å². The molecule has 2 heterocycles. The Morgan fingerprint density at radius 3 is 2.75 bits per heavy atom. The molecular formula is C14H23N3O3. The maximum absolute atomic E-state index is 11.4. The third-order valence-corrected chi connectivity index (χ3v) is 3.74. The van der Waals surface area contributed by atoms with Crippen molar-refractivity contribution in [1.29, 1.82) is 0 Å². The predicted molar refractivity (Wildman–Crippen MR) is 73.2 cm³/mol. The predicted octanol–water partition coefficient (Wildman–Crippen LogP) is 2.05. The zero-order valence-electron chi connectivity index (χ0n) is 12.6. The molecule has 2 atom stereocenters. The summed E-state index contributed by atoms with van der Waals surface area (Å²) in [6, 6.07) is -0.458. The van der Waals surface area contributed by atoms with Crippen LogP contribution in [-0.4, -0.2) is 38.7 Å². The molecule has 1 aromatic heterocycles. The molecule has 6 heteroatoms. The lowest BCUT2D eigenvalue weighted by Crippen LogP contribution is -2.48. The van der Waals surface area contributed by atoms with Gasteiger partial charge in [-0.2, -0.15) is 4.98 Å². The molecule has 112 valence electrons. The SMILES string of the molecule is CC1CCCN(Cc2noc(C(C)(C)C)n2)C1C(=O)O. The van der Waals surface area contributed by atoms with E-state index in [1.165, 1.54) is 0 Å². The van der Waals surface area contributed by atoms with Gasteiger partial charge < -0.3 is 9.63 Å². The van der Waals surface area contributed by atoms with Crippen molar-refractivity contribution in [2.24, 2.45) is 5.92 Å². The highest BCUT2D eigenvalue weighted by atomic mass is 16.5. The Morgan fingerprint density at radius 1 is 1.50 bits per heavy atom. The fraction of sp³-hybridized carbons (Fsp3) is 0.786. The molecule has 2 rings (SSSR count). The highest BCUT2D eigenvalue weighted by Gasteiger charge is 2.35. The molecule has 1 saturated heterocycles. The van der Waals surface area contributed by atoms with Crippen LogP contribution in [0.3, 0.4) is 0 Å². The van der Waals surface area contributed by atoms with Gasteiger partial charge in [0, 0.05) is 5.41 Å². The molecule has 0 amide bonds. The first-order chi connectivity index (χ1) is 9.29. The third kappa shape index (κ3) is 3.17. The van der Waals surface area contributed by atoms with Crippen molar-refractivity contribution in [3.63, 3.8) is 0 Å². The molecule has 2 unspecified atom stereocenters. The molecule has 0 radical (unpaired) electrons. The minimum absolute atomic E-state index is 0.148. The number of rotatable bonds is 3. The highest BCUT2D eigenvalue weighted by Crippen LogP contribution is 2.25. The van der Waals surface area contributed by atoms with Gasteiger partial charge in [0.1, 0.15) is 6.04 Å². The Morgan fingerprint density at radius 2 is 2.20 bits per heavy atom. The number of aliphatic carboxylic acids is 1. The molecule has 0 aliphatic carbocycles. The van der Waals surface area contributed by atoms with Crippen LogP contribution in [0.4, 0.5) is 0 Å². The molecule has 0 saturated carbocycles. The third-order valence-electron chi connectivity index (χ3n) is 3.74. The number of carboxylic acids is 1. The zero-order valence-corrected chi connectivity index (χ0v) is 12.6. The van der Waals surface area contributed by atoms with E-state index in [-0.39, 0.29) is 11.3 Å². The first-order valence-electron chi connectivity index (χ1n) is 7.09. The number of aromatic nitrogens is 2. The Balaban J connectivity index is 2.11. The van der Waals surface area contributed by atoms with E-state index >= 15 is 0 Å². The van der Waals surface area contributed by atoms with Crippen LogP contribution < -0.4 is 0 Å². The Labute approximate surface area is 119 Å². The summed E-state index contributed by atoms with van der Waals surface area (Å²) in [7, 11) is 0. The fourth-order valence-electron chi connectivity index (χ4n) is 2.65. The van der Waals surface area contributed by atoms with Crippen molar-refractivity contribution in [3.8, 4) is 0 Å². The van der Waals surface area contributed by atoms with Gasteiger partial charge in [0.2, 0.25) is 5.89 Å². The van der Waals surface area contributed by atoms with Gasteiger partial charge in [-0.15, -0.1) is 0 Å². The number of likely N-dealkylation sites (tertiary alicyclic amines) is 1. The second-order valence-electron chi connectivity index (χ2n) is 6.64. The molecule has 0 bridgehead atoms. The lowest BCUT2D eigenvalue weighted by atomic mass is 9.91. The highest BCUT2D eigenvalue weighted by molar-refractivity contribution is 5.74. The number of hydrogen-bond donors (Lipinski definition) is 1. The van der Waals surface area contributed by atoms with E-state index in [2.05, 4.69) is 10.1 Å². The molecule has 1 fully saturated rings. The molecule has 1 aliphatic heterocycles. The van der Waals surface area contributed by atoms with E-state index in [4.69, 9.17) is 4.52 Å². The number of carboxylic acid groups (broad SMARTS) is 1. The van der Waals surface area contributed by atoms with E-state index in [1.54, 1.807) is 0 Å². The van der Waals surface area contributed by atoms with Crippen molar-refractivity contribution in [2.75, 3.05) is 6.54 Å². The first kappa shape index (κ1) is 15.0. The summed E-state index contributed by atoms with van der Waals surface area (Å²) < 4.78 is 5.26. The molecule has 1 aliphatic rings. The Bertz CT molecular complexity index is 478. The summed E-state index contributed by atoms with van der Waals surface area (Å²) in [6.45, 7) is 9.21. The molecule has 20 heavy (non-hydrogen) atoms. The molecule has 0 aromatic carbocycles. The van der Waals surface area contributed by atoms with Crippen LogP contribution in [0.15, 0.2) is 4.52 Å². The minimum atomic E-state index is -0.767. The summed E-state index contributed by atoms with van der Waals surface area (Å²) in [5.41, 5.74) is -0.188. The van der Waals surface area contributed by atoms with Crippen LogP contribution in [0.2, 0.25) is 0 Å². The number of hydrogen-bond acceptors (Lipinski definition) is 5. The van der Waals surface area contributed by atoms with Crippen LogP contribution in [-0.2, 0) is 16.8 Å². The molecule has 1 aromatic rings. The minimum Gasteiger partial charge on any atom is -0.480 e. The van der Waals surface area contributed by atoms with Gasteiger partial charge in [-0.1, -0.05) is 32.9 Å². The number of nitrogens with zero attached hydrogens (tertiary/aromatic N) is 3. The summed E-state index contributed by atoms with van der Waals surface area (Å²) in [5, 5.41) is 13.4. The summed E-state index contributed by atoms with van der Waals surface area (Å²) in [5.74, 6) is 0.534. The van der Waals surface area contributed by atoms with E-state index < -0.39 is 12.0 Å². The molecule has 6 nitrogen and oxygen atoms in total. The van der Waals surface area contributed by atoms with Crippen molar-refractivity contribution in [2.45, 2.75) is 58.5 Å². The van der Waals surface area contributed by atoms with E-state index in [1.807, 2.05) is 32.6 Å². The van der Waals surface area contributed by atoms with E-state index in [0.717, 1.165) is 19.4 Å². The fourth-order valence-corrected chi connectivity index (χ4v) is 2.65. The lowest BCUT2D eigenvalue weighted by Gasteiger charge is -2.36. The standard InChI is InChI=1S/C14H23N3O3/c1-9-6-5-7-17(11(9)12(18)19)8-10-15-13(20-16-10)14(2,3)4/h9,11H,5-8H2,1-4H3,(H,18,19). The Kier molecular flexibility index (Phi) is 4.13. The van der Waals surface area contributed by atoms with Gasteiger partial charge in [0.15, 0.2) is 5.82 Å². The van der Waals surface area contributed by atoms with Gasteiger partial charge in [0.25, 0.3) is 0 Å². The van der Waals surface area contributed by atoms with Crippen molar-refractivity contribution in [1.82, 2.24) is 15.0 Å². The van der Waals surface area contributed by atoms with Gasteiger partial charge >= 0.3 is 5.97 Å². The molecular weight excluding hydrogens is 258 g/mol.